The fourth-order valence-electron chi connectivity index (χ4n) is 1.99. The minimum atomic E-state index is -3.24. The molecule has 1 heterocycles. The number of aromatic nitrogens is 2. The Morgan fingerprint density at radius 1 is 1.40 bits per heavy atom. The number of hydrogen-bond donors (Lipinski definition) is 1. The summed E-state index contributed by atoms with van der Waals surface area (Å²) in [5.41, 5.74) is 8.05. The third kappa shape index (κ3) is 2.73. The van der Waals surface area contributed by atoms with Gasteiger partial charge in [0.05, 0.1) is 5.69 Å². The molecule has 1 aromatic heterocycles. The average molecular weight is 358 g/mol. The summed E-state index contributed by atoms with van der Waals surface area (Å²) in [6.45, 7) is 1.62. The van der Waals surface area contributed by atoms with Gasteiger partial charge in [-0.25, -0.2) is 8.42 Å². The van der Waals surface area contributed by atoms with Crippen LogP contribution in [-0.2, 0) is 16.9 Å². The van der Waals surface area contributed by atoms with Crippen molar-refractivity contribution in [2.45, 2.75) is 12.2 Å². The molecule has 2 N–H and O–H groups in total. The molecule has 0 saturated carbocycles. The van der Waals surface area contributed by atoms with Crippen LogP contribution in [0.3, 0.4) is 0 Å². The van der Waals surface area contributed by atoms with Gasteiger partial charge in [-0.3, -0.25) is 4.68 Å². The predicted molar refractivity (Wildman–Crippen MR) is 84.0 cm³/mol. The number of benzene rings is 1. The third-order valence-electron chi connectivity index (χ3n) is 3.26. The average Bonchev–Trinajstić information content (AvgIpc) is 2.63. The number of sulfone groups is 1. The van der Waals surface area contributed by atoms with Gasteiger partial charge in [0.15, 0.2) is 9.84 Å². The number of rotatable bonds is 3. The molecule has 1 unspecified atom stereocenters. The van der Waals surface area contributed by atoms with Crippen LogP contribution in [-0.4, -0.2) is 24.5 Å². The van der Waals surface area contributed by atoms with Gasteiger partial charge in [-0.05, 0) is 24.6 Å². The van der Waals surface area contributed by atoms with Gasteiger partial charge in [-0.15, -0.1) is 0 Å². The van der Waals surface area contributed by atoms with Gasteiger partial charge in [-0.1, -0.05) is 28.1 Å². The highest BCUT2D eigenvalue weighted by atomic mass is 79.9. The maximum absolute atomic E-state index is 11.8. The van der Waals surface area contributed by atoms with Crippen molar-refractivity contribution >= 4 is 31.6 Å². The summed E-state index contributed by atoms with van der Waals surface area (Å²) in [7, 11) is -1.54. The first-order valence-electron chi connectivity index (χ1n) is 5.99. The van der Waals surface area contributed by atoms with Crippen molar-refractivity contribution in [1.82, 2.24) is 9.78 Å². The quantitative estimate of drug-likeness (QED) is 0.915. The Morgan fingerprint density at radius 2 is 2.05 bits per heavy atom. The van der Waals surface area contributed by atoms with Crippen molar-refractivity contribution < 1.29 is 8.42 Å². The number of aryl methyl sites for hydroxylation is 1. The summed E-state index contributed by atoms with van der Waals surface area (Å²) in [6.07, 6.45) is 1.20. The van der Waals surface area contributed by atoms with E-state index in [2.05, 4.69) is 21.0 Å². The van der Waals surface area contributed by atoms with Gasteiger partial charge in [0, 0.05) is 23.3 Å². The standard InChI is InChI=1S/C13H16BrN3O2S/c1-8(20(3,18)19)12-11(13(15)17(2)16-12)9-5-4-6-10(14)7-9/h4-8H,15H2,1-3H3. The molecule has 0 aliphatic rings. The van der Waals surface area contributed by atoms with E-state index in [1.807, 2.05) is 24.3 Å². The van der Waals surface area contributed by atoms with Crippen molar-refractivity contribution in [3.63, 3.8) is 0 Å². The lowest BCUT2D eigenvalue weighted by molar-refractivity contribution is 0.589. The summed E-state index contributed by atoms with van der Waals surface area (Å²) in [6, 6.07) is 7.55. The van der Waals surface area contributed by atoms with Crippen molar-refractivity contribution in [1.29, 1.82) is 0 Å². The van der Waals surface area contributed by atoms with Gasteiger partial charge >= 0.3 is 0 Å². The summed E-state index contributed by atoms with van der Waals surface area (Å²) >= 11 is 3.41. The zero-order valence-electron chi connectivity index (χ0n) is 11.5. The molecule has 7 heteroatoms. The predicted octanol–water partition coefficient (Wildman–Crippen LogP) is 2.54. The van der Waals surface area contributed by atoms with Crippen LogP contribution in [0.25, 0.3) is 11.1 Å². The zero-order valence-corrected chi connectivity index (χ0v) is 13.9. The first kappa shape index (κ1) is 15.1. The molecule has 0 saturated heterocycles. The maximum Gasteiger partial charge on any atom is 0.155 e. The van der Waals surface area contributed by atoms with Crippen LogP contribution in [0.15, 0.2) is 28.7 Å². The van der Waals surface area contributed by atoms with Crippen LogP contribution >= 0.6 is 15.9 Å². The molecular formula is C13H16BrN3O2S. The molecular weight excluding hydrogens is 342 g/mol. The van der Waals surface area contributed by atoms with E-state index in [1.54, 1.807) is 14.0 Å². The van der Waals surface area contributed by atoms with E-state index in [0.29, 0.717) is 17.1 Å². The van der Waals surface area contributed by atoms with E-state index in [-0.39, 0.29) is 0 Å². The molecule has 1 atom stereocenters. The summed E-state index contributed by atoms with van der Waals surface area (Å²) in [5, 5.41) is 3.57. The van der Waals surface area contributed by atoms with Crippen LogP contribution in [0.1, 0.15) is 17.9 Å². The number of halogens is 1. The number of nitrogens with two attached hydrogens (primary N) is 1. The Balaban J connectivity index is 2.70. The minimum Gasteiger partial charge on any atom is -0.383 e. The molecule has 2 aromatic rings. The second kappa shape index (κ2) is 5.21. The van der Waals surface area contributed by atoms with Crippen molar-refractivity contribution in [3.05, 3.63) is 34.4 Å². The Kier molecular flexibility index (Phi) is 3.93. The fraction of sp³-hybridized carbons (Fsp3) is 0.308. The molecule has 0 aliphatic heterocycles. The van der Waals surface area contributed by atoms with E-state index in [9.17, 15) is 8.42 Å². The van der Waals surface area contributed by atoms with E-state index in [1.165, 1.54) is 10.9 Å². The zero-order chi connectivity index (χ0) is 15.1. The minimum absolute atomic E-state index is 0.452. The highest BCUT2D eigenvalue weighted by molar-refractivity contribution is 9.10. The molecule has 0 amide bonds. The molecule has 0 bridgehead atoms. The Hall–Kier alpha value is -1.34. The highest BCUT2D eigenvalue weighted by Crippen LogP contribution is 2.36. The lowest BCUT2D eigenvalue weighted by Crippen LogP contribution is -2.09. The molecule has 0 spiro atoms. The molecule has 0 aliphatic carbocycles. The smallest absolute Gasteiger partial charge is 0.155 e. The van der Waals surface area contributed by atoms with Gasteiger partial charge in [0.25, 0.3) is 0 Å². The Morgan fingerprint density at radius 3 is 2.60 bits per heavy atom. The lowest BCUT2D eigenvalue weighted by Gasteiger charge is -2.10. The lowest BCUT2D eigenvalue weighted by atomic mass is 10.0. The van der Waals surface area contributed by atoms with Crippen molar-refractivity contribution in [3.8, 4) is 11.1 Å². The van der Waals surface area contributed by atoms with Gasteiger partial charge in [0.1, 0.15) is 11.1 Å². The Labute approximate surface area is 126 Å². The first-order chi connectivity index (χ1) is 9.21. The third-order valence-corrected chi connectivity index (χ3v) is 5.26. The molecule has 5 nitrogen and oxygen atoms in total. The summed E-state index contributed by atoms with van der Waals surface area (Å²) in [5.74, 6) is 0.452. The van der Waals surface area contributed by atoms with Gasteiger partial charge in [-0.2, -0.15) is 5.10 Å². The molecule has 2 rings (SSSR count). The molecule has 20 heavy (non-hydrogen) atoms. The monoisotopic (exact) mass is 357 g/mol. The normalized spacial score (nSPS) is 13.4. The van der Waals surface area contributed by atoms with Crippen LogP contribution in [0.2, 0.25) is 0 Å². The molecule has 0 radical (unpaired) electrons. The van der Waals surface area contributed by atoms with E-state index < -0.39 is 15.1 Å². The molecule has 108 valence electrons. The largest absolute Gasteiger partial charge is 0.383 e. The van der Waals surface area contributed by atoms with Gasteiger partial charge in [0.2, 0.25) is 0 Å². The Bertz CT molecular complexity index is 753. The number of hydrogen-bond acceptors (Lipinski definition) is 4. The second-order valence-corrected chi connectivity index (χ2v) is 8.03. The van der Waals surface area contributed by atoms with Crippen LogP contribution in [0.5, 0.6) is 0 Å². The first-order valence-corrected chi connectivity index (χ1v) is 8.73. The molecule has 0 fully saturated rings. The SMILES string of the molecule is CC(c1nn(C)c(N)c1-c1cccc(Br)c1)S(C)(=O)=O. The fourth-order valence-corrected chi connectivity index (χ4v) is 2.96. The molecule has 1 aromatic carbocycles. The van der Waals surface area contributed by atoms with Crippen molar-refractivity contribution in [2.75, 3.05) is 12.0 Å². The topological polar surface area (TPSA) is 78.0 Å². The summed E-state index contributed by atoms with van der Waals surface area (Å²) < 4.78 is 26.0. The van der Waals surface area contributed by atoms with E-state index >= 15 is 0 Å². The van der Waals surface area contributed by atoms with E-state index in [0.717, 1.165) is 10.0 Å². The second-order valence-electron chi connectivity index (χ2n) is 4.75. The maximum atomic E-state index is 11.8. The number of nitrogen functional groups attached to an aromatic ring is 1. The van der Waals surface area contributed by atoms with Gasteiger partial charge < -0.3 is 5.73 Å². The highest BCUT2D eigenvalue weighted by Gasteiger charge is 2.26. The van der Waals surface area contributed by atoms with Crippen LogP contribution in [0.4, 0.5) is 5.82 Å². The summed E-state index contributed by atoms with van der Waals surface area (Å²) in [4.78, 5) is 0. The number of nitrogens with zero attached hydrogens (tertiary/aromatic N) is 2. The van der Waals surface area contributed by atoms with E-state index in [4.69, 9.17) is 5.73 Å². The number of anilines is 1. The van der Waals surface area contributed by atoms with Crippen LogP contribution < -0.4 is 5.73 Å². The van der Waals surface area contributed by atoms with Crippen molar-refractivity contribution in [2.24, 2.45) is 7.05 Å². The van der Waals surface area contributed by atoms with Crippen LogP contribution in [0, 0.1) is 0 Å².